The summed E-state index contributed by atoms with van der Waals surface area (Å²) >= 11 is 0. The lowest BCUT2D eigenvalue weighted by Crippen LogP contribution is -2.46. The Morgan fingerprint density at radius 2 is 1.84 bits per heavy atom. The van der Waals surface area contributed by atoms with Crippen molar-refractivity contribution in [3.8, 4) is 17.6 Å². The Labute approximate surface area is 184 Å². The first-order valence-corrected chi connectivity index (χ1v) is 10.9. The Morgan fingerprint density at radius 3 is 2.58 bits per heavy atom. The molecule has 31 heavy (non-hydrogen) atoms. The molecule has 3 aromatic rings. The van der Waals surface area contributed by atoms with E-state index in [9.17, 15) is 0 Å². The molecular weight excluding hydrogens is 388 g/mol. The molecule has 0 unspecified atom stereocenters. The number of H-pyrrole nitrogens is 1. The molecule has 0 spiro atoms. The van der Waals surface area contributed by atoms with Crippen LogP contribution >= 0.6 is 0 Å². The zero-order valence-corrected chi connectivity index (χ0v) is 18.4. The lowest BCUT2D eigenvalue weighted by atomic mass is 10.1. The van der Waals surface area contributed by atoms with Gasteiger partial charge in [-0.15, -0.1) is 0 Å². The van der Waals surface area contributed by atoms with Gasteiger partial charge in [0.25, 0.3) is 0 Å². The number of piperazine rings is 1. The van der Waals surface area contributed by atoms with Crippen LogP contribution < -0.4 is 14.4 Å². The molecule has 1 aliphatic rings. The van der Waals surface area contributed by atoms with Gasteiger partial charge in [0.2, 0.25) is 0 Å². The lowest BCUT2D eigenvalue weighted by Gasteiger charge is -2.36. The van der Waals surface area contributed by atoms with Gasteiger partial charge in [0.15, 0.2) is 0 Å². The number of hydrogen-bond acceptors (Lipinski definition) is 5. The predicted molar refractivity (Wildman–Crippen MR) is 124 cm³/mol. The van der Waals surface area contributed by atoms with Crippen LogP contribution in [-0.4, -0.2) is 56.8 Å². The fourth-order valence-corrected chi connectivity index (χ4v) is 4.36. The molecule has 6 nitrogen and oxygen atoms in total. The number of nitrogens with zero attached hydrogens (tertiary/aromatic N) is 3. The fraction of sp³-hybridized carbons (Fsp3) is 0.400. The summed E-state index contributed by atoms with van der Waals surface area (Å²) in [6, 6.07) is 14.1. The first-order valence-electron chi connectivity index (χ1n) is 10.9. The van der Waals surface area contributed by atoms with E-state index in [-0.39, 0.29) is 0 Å². The first-order chi connectivity index (χ1) is 15.2. The van der Waals surface area contributed by atoms with Crippen molar-refractivity contribution in [2.24, 2.45) is 0 Å². The number of benzene rings is 2. The molecule has 2 aromatic carbocycles. The standard InChI is InChI=1S/C25H30N4O2/c1-30-21-7-9-24(25(16-21)31-2)29-13-11-28(12-14-29)10-4-3-5-20-18-27-23-8-6-19(17-26)15-22(20)23/h6-9,15-16,18,27H,3-5,10-14H2,1-2H3. The van der Waals surface area contributed by atoms with Crippen LogP contribution in [0, 0.1) is 11.3 Å². The highest BCUT2D eigenvalue weighted by molar-refractivity contribution is 5.84. The number of aromatic amines is 1. The average molecular weight is 419 g/mol. The zero-order chi connectivity index (χ0) is 21.6. The molecule has 0 atom stereocenters. The number of rotatable bonds is 8. The van der Waals surface area contributed by atoms with E-state index in [1.807, 2.05) is 30.3 Å². The van der Waals surface area contributed by atoms with Crippen LogP contribution in [-0.2, 0) is 6.42 Å². The topological polar surface area (TPSA) is 64.5 Å². The summed E-state index contributed by atoms with van der Waals surface area (Å²) in [5, 5.41) is 10.3. The maximum absolute atomic E-state index is 9.15. The SMILES string of the molecule is COc1ccc(N2CCN(CCCCc3c[nH]c4ccc(C#N)cc34)CC2)c(OC)c1. The molecule has 1 saturated heterocycles. The van der Waals surface area contributed by atoms with Crippen LogP contribution in [0.2, 0.25) is 0 Å². The monoisotopic (exact) mass is 418 g/mol. The van der Waals surface area contributed by atoms with Crippen molar-refractivity contribution in [1.82, 2.24) is 9.88 Å². The molecule has 162 valence electrons. The normalized spacial score (nSPS) is 14.5. The maximum atomic E-state index is 9.15. The second kappa shape index (κ2) is 9.76. The van der Waals surface area contributed by atoms with Crippen LogP contribution in [0.25, 0.3) is 10.9 Å². The van der Waals surface area contributed by atoms with Gasteiger partial charge in [-0.3, -0.25) is 4.90 Å². The Balaban J connectivity index is 1.25. The van der Waals surface area contributed by atoms with Crippen molar-refractivity contribution in [1.29, 1.82) is 5.26 Å². The number of unbranched alkanes of at least 4 members (excludes halogenated alkanes) is 1. The van der Waals surface area contributed by atoms with Gasteiger partial charge in [0, 0.05) is 49.3 Å². The van der Waals surface area contributed by atoms with E-state index in [2.05, 4.69) is 33.1 Å². The number of ether oxygens (including phenoxy) is 2. The lowest BCUT2D eigenvalue weighted by molar-refractivity contribution is 0.252. The number of anilines is 1. The molecule has 0 saturated carbocycles. The summed E-state index contributed by atoms with van der Waals surface area (Å²) in [5.74, 6) is 1.68. The highest BCUT2D eigenvalue weighted by Gasteiger charge is 2.20. The van der Waals surface area contributed by atoms with Crippen molar-refractivity contribution in [2.45, 2.75) is 19.3 Å². The molecule has 1 aromatic heterocycles. The second-order valence-corrected chi connectivity index (χ2v) is 8.01. The summed E-state index contributed by atoms with van der Waals surface area (Å²) in [7, 11) is 3.39. The summed E-state index contributed by atoms with van der Waals surface area (Å²) in [4.78, 5) is 8.27. The molecule has 0 aliphatic carbocycles. The van der Waals surface area contributed by atoms with Crippen molar-refractivity contribution in [2.75, 3.05) is 51.8 Å². The molecule has 0 radical (unpaired) electrons. The summed E-state index contributed by atoms with van der Waals surface area (Å²) < 4.78 is 10.9. The van der Waals surface area contributed by atoms with E-state index in [1.165, 1.54) is 17.4 Å². The number of nitrogens with one attached hydrogen (secondary N) is 1. The first kappa shape index (κ1) is 21.1. The quantitative estimate of drug-likeness (QED) is 0.556. The number of nitriles is 1. The third-order valence-corrected chi connectivity index (χ3v) is 6.17. The van der Waals surface area contributed by atoms with Gasteiger partial charge in [0.1, 0.15) is 11.5 Å². The Bertz CT molecular complexity index is 1060. The van der Waals surface area contributed by atoms with E-state index in [0.717, 1.165) is 73.8 Å². The van der Waals surface area contributed by atoms with Gasteiger partial charge >= 0.3 is 0 Å². The summed E-state index contributed by atoms with van der Waals surface area (Å²) in [6.07, 6.45) is 5.46. The van der Waals surface area contributed by atoms with Crippen LogP contribution in [0.5, 0.6) is 11.5 Å². The van der Waals surface area contributed by atoms with Crippen LogP contribution in [0.1, 0.15) is 24.0 Å². The molecule has 0 bridgehead atoms. The summed E-state index contributed by atoms with van der Waals surface area (Å²) in [6.45, 7) is 5.26. The van der Waals surface area contributed by atoms with Gasteiger partial charge in [-0.05, 0) is 61.7 Å². The van der Waals surface area contributed by atoms with E-state index < -0.39 is 0 Å². The van der Waals surface area contributed by atoms with E-state index in [4.69, 9.17) is 14.7 Å². The molecule has 1 N–H and O–H groups in total. The van der Waals surface area contributed by atoms with E-state index >= 15 is 0 Å². The number of aromatic nitrogens is 1. The number of aryl methyl sites for hydroxylation is 1. The van der Waals surface area contributed by atoms with Gasteiger partial charge in [-0.1, -0.05) is 0 Å². The van der Waals surface area contributed by atoms with Crippen molar-refractivity contribution in [3.63, 3.8) is 0 Å². The Hall–Kier alpha value is -3.17. The minimum Gasteiger partial charge on any atom is -0.497 e. The minimum absolute atomic E-state index is 0.722. The molecule has 1 aliphatic heterocycles. The Morgan fingerprint density at radius 1 is 1.00 bits per heavy atom. The fourth-order valence-electron chi connectivity index (χ4n) is 4.36. The number of methoxy groups -OCH3 is 2. The molecule has 2 heterocycles. The largest absolute Gasteiger partial charge is 0.497 e. The third kappa shape index (κ3) is 4.78. The van der Waals surface area contributed by atoms with Crippen LogP contribution in [0.3, 0.4) is 0 Å². The maximum Gasteiger partial charge on any atom is 0.145 e. The highest BCUT2D eigenvalue weighted by atomic mass is 16.5. The predicted octanol–water partition coefficient (Wildman–Crippen LogP) is 4.20. The van der Waals surface area contributed by atoms with E-state index in [0.29, 0.717) is 0 Å². The summed E-state index contributed by atoms with van der Waals surface area (Å²) in [5.41, 5.74) is 4.28. The van der Waals surface area contributed by atoms with Crippen molar-refractivity contribution >= 4 is 16.6 Å². The Kier molecular flexibility index (Phi) is 6.63. The molecule has 4 rings (SSSR count). The molecule has 0 amide bonds. The molecular formula is C25H30N4O2. The van der Waals surface area contributed by atoms with E-state index in [1.54, 1.807) is 14.2 Å². The van der Waals surface area contributed by atoms with Gasteiger partial charge in [-0.25, -0.2) is 0 Å². The number of hydrogen-bond donors (Lipinski definition) is 1. The van der Waals surface area contributed by atoms with Gasteiger partial charge in [0.05, 0.1) is 31.5 Å². The van der Waals surface area contributed by atoms with Gasteiger partial charge < -0.3 is 19.4 Å². The smallest absolute Gasteiger partial charge is 0.145 e. The molecule has 6 heteroatoms. The molecule has 1 fully saturated rings. The zero-order valence-electron chi connectivity index (χ0n) is 18.4. The van der Waals surface area contributed by atoms with Crippen molar-refractivity contribution < 1.29 is 9.47 Å². The second-order valence-electron chi connectivity index (χ2n) is 8.01. The van der Waals surface area contributed by atoms with Gasteiger partial charge in [-0.2, -0.15) is 5.26 Å². The number of fused-ring (bicyclic) bond motifs is 1. The van der Waals surface area contributed by atoms with Crippen molar-refractivity contribution in [3.05, 3.63) is 53.7 Å². The van der Waals surface area contributed by atoms with Crippen LogP contribution in [0.15, 0.2) is 42.6 Å². The third-order valence-electron chi connectivity index (χ3n) is 6.17. The average Bonchev–Trinajstić information content (AvgIpc) is 3.23. The minimum atomic E-state index is 0.722. The van der Waals surface area contributed by atoms with Crippen LogP contribution in [0.4, 0.5) is 5.69 Å². The highest BCUT2D eigenvalue weighted by Crippen LogP contribution is 2.32.